The fourth-order valence-electron chi connectivity index (χ4n) is 2.33. The van der Waals surface area contributed by atoms with E-state index in [0.29, 0.717) is 13.1 Å². The average molecular weight is 343 g/mol. The lowest BCUT2D eigenvalue weighted by Crippen LogP contribution is -2.39. The van der Waals surface area contributed by atoms with Gasteiger partial charge in [-0.25, -0.2) is 4.99 Å². The Morgan fingerprint density at radius 1 is 1.12 bits per heavy atom. The van der Waals surface area contributed by atoms with Crippen LogP contribution < -0.4 is 5.32 Å². The van der Waals surface area contributed by atoms with E-state index in [-0.39, 0.29) is 0 Å². The van der Waals surface area contributed by atoms with Gasteiger partial charge in [0.25, 0.3) is 0 Å². The molecule has 126 valence electrons. The monoisotopic (exact) mass is 343 g/mol. The van der Waals surface area contributed by atoms with Crippen LogP contribution in [-0.2, 0) is 19.5 Å². The normalized spacial score (nSPS) is 11.6. The molecule has 0 bridgehead atoms. The molecule has 0 atom stereocenters. The molecule has 0 amide bonds. The minimum atomic E-state index is 0.670. The lowest BCUT2D eigenvalue weighted by atomic mass is 10.3. The van der Waals surface area contributed by atoms with E-state index < -0.39 is 0 Å². The van der Waals surface area contributed by atoms with Crippen molar-refractivity contribution in [3.8, 4) is 0 Å². The van der Waals surface area contributed by atoms with Crippen LogP contribution in [0.4, 0.5) is 0 Å². The molecule has 3 heterocycles. The molecule has 6 heteroatoms. The first-order chi connectivity index (χ1) is 11.8. The third-order valence-electron chi connectivity index (χ3n) is 3.53. The van der Waals surface area contributed by atoms with Gasteiger partial charge >= 0.3 is 0 Å². The molecule has 0 aliphatic rings. The lowest BCUT2D eigenvalue weighted by molar-refractivity contribution is 0.398. The Labute approximate surface area is 145 Å². The van der Waals surface area contributed by atoms with Crippen LogP contribution in [0.25, 0.3) is 0 Å². The second kappa shape index (κ2) is 8.40. The number of nitrogens with one attached hydrogen (secondary N) is 1. The predicted molar refractivity (Wildman–Crippen MR) is 96.0 cm³/mol. The van der Waals surface area contributed by atoms with Crippen LogP contribution in [0.1, 0.15) is 16.4 Å². The third kappa shape index (κ3) is 4.76. The van der Waals surface area contributed by atoms with Crippen molar-refractivity contribution in [2.45, 2.75) is 19.5 Å². The summed E-state index contributed by atoms with van der Waals surface area (Å²) in [4.78, 5) is 8.04. The van der Waals surface area contributed by atoms with Crippen molar-refractivity contribution in [1.29, 1.82) is 0 Å². The molecule has 0 aromatic carbocycles. The average Bonchev–Trinajstić information content (AvgIpc) is 3.32. The topological polar surface area (TPSA) is 53.9 Å². The molecule has 5 nitrogen and oxygen atoms in total. The zero-order valence-corrected chi connectivity index (χ0v) is 14.5. The Morgan fingerprint density at radius 2 is 1.92 bits per heavy atom. The molecule has 0 saturated carbocycles. The number of hydrogen-bond donors (Lipinski definition) is 1. The van der Waals surface area contributed by atoms with E-state index in [4.69, 9.17) is 13.8 Å². The lowest BCUT2D eigenvalue weighted by Gasteiger charge is -2.21. The first-order valence-corrected chi connectivity index (χ1v) is 8.76. The molecule has 0 fully saturated rings. The Hall–Kier alpha value is -2.47. The molecule has 0 unspecified atom stereocenters. The Kier molecular flexibility index (Phi) is 5.74. The third-order valence-corrected chi connectivity index (χ3v) is 4.40. The number of guanidine groups is 1. The van der Waals surface area contributed by atoms with Gasteiger partial charge in [0, 0.05) is 24.9 Å². The molecule has 0 aliphatic carbocycles. The van der Waals surface area contributed by atoms with E-state index in [1.54, 1.807) is 23.9 Å². The Balaban J connectivity index is 1.61. The molecule has 1 N–H and O–H groups in total. The summed E-state index contributed by atoms with van der Waals surface area (Å²) in [5, 5.41) is 5.48. The van der Waals surface area contributed by atoms with Crippen molar-refractivity contribution in [3.63, 3.8) is 0 Å². The van der Waals surface area contributed by atoms with Gasteiger partial charge in [-0.2, -0.15) is 0 Å². The summed E-state index contributed by atoms with van der Waals surface area (Å²) < 4.78 is 10.8. The largest absolute Gasteiger partial charge is 0.469 e. The zero-order valence-electron chi connectivity index (χ0n) is 13.6. The van der Waals surface area contributed by atoms with Crippen molar-refractivity contribution in [2.75, 3.05) is 13.6 Å². The van der Waals surface area contributed by atoms with Crippen molar-refractivity contribution in [3.05, 3.63) is 70.7 Å². The van der Waals surface area contributed by atoms with E-state index in [1.807, 2.05) is 37.4 Å². The van der Waals surface area contributed by atoms with Gasteiger partial charge in [-0.15, -0.1) is 11.3 Å². The Bertz CT molecular complexity index is 719. The minimum Gasteiger partial charge on any atom is -0.469 e. The molecular formula is C18H21N3O2S. The van der Waals surface area contributed by atoms with Gasteiger partial charge in [0.1, 0.15) is 11.5 Å². The van der Waals surface area contributed by atoms with E-state index >= 15 is 0 Å². The second-order valence-corrected chi connectivity index (χ2v) is 6.44. The summed E-state index contributed by atoms with van der Waals surface area (Å²) in [5.74, 6) is 2.73. The summed E-state index contributed by atoms with van der Waals surface area (Å²) in [6.07, 6.45) is 4.21. The number of furan rings is 2. The van der Waals surface area contributed by atoms with Gasteiger partial charge in [-0.1, -0.05) is 6.07 Å². The van der Waals surface area contributed by atoms with Crippen LogP contribution >= 0.6 is 11.3 Å². The second-order valence-electron chi connectivity index (χ2n) is 5.41. The standard InChI is InChI=1S/C18H21N3O2S/c1-21(14-16-6-3-11-23-16)18(20-13-17-7-4-12-24-17)19-9-8-15-5-2-10-22-15/h2-7,10-12H,8-9,13-14H2,1H3,(H,19,20). The van der Waals surface area contributed by atoms with Crippen molar-refractivity contribution < 1.29 is 8.83 Å². The quantitative estimate of drug-likeness (QED) is 0.524. The summed E-state index contributed by atoms with van der Waals surface area (Å²) in [6.45, 7) is 2.10. The number of aliphatic imine (C=N–C) groups is 1. The molecule has 24 heavy (non-hydrogen) atoms. The first-order valence-electron chi connectivity index (χ1n) is 7.88. The molecule has 0 spiro atoms. The van der Waals surface area contributed by atoms with Gasteiger partial charge < -0.3 is 19.1 Å². The highest BCUT2D eigenvalue weighted by atomic mass is 32.1. The van der Waals surface area contributed by atoms with E-state index in [0.717, 1.165) is 30.4 Å². The van der Waals surface area contributed by atoms with Gasteiger partial charge in [0.15, 0.2) is 5.96 Å². The zero-order chi connectivity index (χ0) is 16.6. The van der Waals surface area contributed by atoms with Gasteiger partial charge in [-0.05, 0) is 35.7 Å². The molecule has 3 rings (SSSR count). The molecule has 0 saturated heterocycles. The number of thiophene rings is 1. The maximum atomic E-state index is 5.43. The maximum Gasteiger partial charge on any atom is 0.194 e. The molecule has 0 aliphatic heterocycles. The van der Waals surface area contributed by atoms with Gasteiger partial charge in [-0.3, -0.25) is 0 Å². The highest BCUT2D eigenvalue weighted by Gasteiger charge is 2.09. The van der Waals surface area contributed by atoms with E-state index in [1.165, 1.54) is 4.88 Å². The highest BCUT2D eigenvalue weighted by Crippen LogP contribution is 2.10. The smallest absolute Gasteiger partial charge is 0.194 e. The van der Waals surface area contributed by atoms with Crippen molar-refractivity contribution in [1.82, 2.24) is 10.2 Å². The predicted octanol–water partition coefficient (Wildman–Crippen LogP) is 3.75. The fourth-order valence-corrected chi connectivity index (χ4v) is 2.96. The van der Waals surface area contributed by atoms with Crippen molar-refractivity contribution >= 4 is 17.3 Å². The fraction of sp³-hybridized carbons (Fsp3) is 0.278. The molecular weight excluding hydrogens is 322 g/mol. The van der Waals surface area contributed by atoms with E-state index in [2.05, 4.69) is 21.7 Å². The van der Waals surface area contributed by atoms with Crippen LogP contribution in [0.5, 0.6) is 0 Å². The molecule has 3 aromatic rings. The number of nitrogens with zero attached hydrogens (tertiary/aromatic N) is 2. The van der Waals surface area contributed by atoms with Gasteiger partial charge in [0.05, 0.1) is 25.6 Å². The SMILES string of the molecule is CN(Cc1ccco1)C(=NCc1cccs1)NCCc1ccco1. The van der Waals surface area contributed by atoms with Crippen LogP contribution in [0, 0.1) is 0 Å². The van der Waals surface area contributed by atoms with Gasteiger partial charge in [0.2, 0.25) is 0 Å². The van der Waals surface area contributed by atoms with Crippen LogP contribution in [0.3, 0.4) is 0 Å². The van der Waals surface area contributed by atoms with Crippen LogP contribution in [0.2, 0.25) is 0 Å². The van der Waals surface area contributed by atoms with Crippen molar-refractivity contribution in [2.24, 2.45) is 4.99 Å². The van der Waals surface area contributed by atoms with Crippen LogP contribution in [0.15, 0.2) is 68.1 Å². The molecule has 0 radical (unpaired) electrons. The maximum absolute atomic E-state index is 5.43. The highest BCUT2D eigenvalue weighted by molar-refractivity contribution is 7.09. The number of rotatable bonds is 7. The molecule has 3 aromatic heterocycles. The first kappa shape index (κ1) is 16.4. The summed E-state index contributed by atoms with van der Waals surface area (Å²) in [5.41, 5.74) is 0. The summed E-state index contributed by atoms with van der Waals surface area (Å²) >= 11 is 1.72. The number of hydrogen-bond acceptors (Lipinski definition) is 4. The van der Waals surface area contributed by atoms with E-state index in [9.17, 15) is 0 Å². The summed E-state index contributed by atoms with van der Waals surface area (Å²) in [6, 6.07) is 11.9. The van der Waals surface area contributed by atoms with Crippen LogP contribution in [-0.4, -0.2) is 24.5 Å². The Morgan fingerprint density at radius 3 is 2.58 bits per heavy atom. The minimum absolute atomic E-state index is 0.670. The summed E-state index contributed by atoms with van der Waals surface area (Å²) in [7, 11) is 2.01.